The fourth-order valence-electron chi connectivity index (χ4n) is 2.08. The number of hydrogen-bond donors (Lipinski definition) is 1. The molecule has 0 saturated heterocycles. The van der Waals surface area contributed by atoms with Crippen LogP contribution < -0.4 is 10.2 Å². The van der Waals surface area contributed by atoms with E-state index < -0.39 is 11.7 Å². The molecule has 0 saturated carbocycles. The SMILES string of the molecule is CN(CCNC(=O)OC(C)(C)C)c1nccc(-c2cccc(Cl)c2)n1. The number of halogens is 1. The van der Waals surface area contributed by atoms with Gasteiger partial charge in [0, 0.05) is 36.9 Å². The molecule has 0 spiro atoms. The highest BCUT2D eigenvalue weighted by Crippen LogP contribution is 2.21. The van der Waals surface area contributed by atoms with Crippen LogP contribution in [0.3, 0.4) is 0 Å². The lowest BCUT2D eigenvalue weighted by molar-refractivity contribution is 0.0529. The first-order chi connectivity index (χ1) is 11.7. The van der Waals surface area contributed by atoms with Crippen LogP contribution in [0.4, 0.5) is 10.7 Å². The van der Waals surface area contributed by atoms with Gasteiger partial charge in [-0.05, 0) is 39.0 Å². The Bertz CT molecular complexity index is 731. The Morgan fingerprint density at radius 1 is 1.32 bits per heavy atom. The summed E-state index contributed by atoms with van der Waals surface area (Å²) in [6, 6.07) is 9.34. The first-order valence-corrected chi connectivity index (χ1v) is 8.39. The van der Waals surface area contributed by atoms with Crippen LogP contribution in [0.15, 0.2) is 36.5 Å². The molecule has 1 heterocycles. The van der Waals surface area contributed by atoms with Gasteiger partial charge in [0.25, 0.3) is 0 Å². The zero-order valence-electron chi connectivity index (χ0n) is 14.9. The van der Waals surface area contributed by atoms with Crippen LogP contribution in [0.25, 0.3) is 11.3 Å². The molecule has 6 nitrogen and oxygen atoms in total. The maximum atomic E-state index is 11.7. The zero-order valence-corrected chi connectivity index (χ0v) is 15.7. The summed E-state index contributed by atoms with van der Waals surface area (Å²) in [5, 5.41) is 3.38. The number of hydrogen-bond acceptors (Lipinski definition) is 5. The fourth-order valence-corrected chi connectivity index (χ4v) is 2.27. The van der Waals surface area contributed by atoms with E-state index in [-0.39, 0.29) is 0 Å². The summed E-state index contributed by atoms with van der Waals surface area (Å²) in [6.07, 6.45) is 1.27. The average Bonchev–Trinajstić information content (AvgIpc) is 2.53. The van der Waals surface area contributed by atoms with Crippen molar-refractivity contribution in [1.82, 2.24) is 15.3 Å². The van der Waals surface area contributed by atoms with Crippen LogP contribution in [0, 0.1) is 0 Å². The van der Waals surface area contributed by atoms with Gasteiger partial charge in [-0.1, -0.05) is 23.7 Å². The largest absolute Gasteiger partial charge is 0.444 e. The first kappa shape index (κ1) is 19.0. The molecule has 0 radical (unpaired) electrons. The van der Waals surface area contributed by atoms with Gasteiger partial charge in [-0.15, -0.1) is 0 Å². The summed E-state index contributed by atoms with van der Waals surface area (Å²) in [7, 11) is 1.87. The van der Waals surface area contributed by atoms with Gasteiger partial charge in [-0.3, -0.25) is 0 Å². The van der Waals surface area contributed by atoms with Crippen LogP contribution >= 0.6 is 11.6 Å². The molecule has 0 unspecified atom stereocenters. The molecule has 1 aromatic heterocycles. The Balaban J connectivity index is 1.95. The average molecular weight is 363 g/mol. The van der Waals surface area contributed by atoms with Gasteiger partial charge in [-0.25, -0.2) is 14.8 Å². The van der Waals surface area contributed by atoms with Gasteiger partial charge in [0.2, 0.25) is 5.95 Å². The number of aromatic nitrogens is 2. The number of carbonyl (C=O) groups is 1. The number of ether oxygens (including phenoxy) is 1. The summed E-state index contributed by atoms with van der Waals surface area (Å²) in [6.45, 7) is 6.46. The van der Waals surface area contributed by atoms with Gasteiger partial charge in [0.1, 0.15) is 5.60 Å². The first-order valence-electron chi connectivity index (χ1n) is 8.01. The quantitative estimate of drug-likeness (QED) is 0.877. The molecule has 1 N–H and O–H groups in total. The number of carbonyl (C=O) groups excluding carboxylic acids is 1. The molecule has 25 heavy (non-hydrogen) atoms. The van der Waals surface area contributed by atoms with E-state index >= 15 is 0 Å². The van der Waals surface area contributed by atoms with E-state index in [0.717, 1.165) is 11.3 Å². The lowest BCUT2D eigenvalue weighted by Crippen LogP contribution is -2.37. The standard InChI is InChI=1S/C18H23ClN4O2/c1-18(2,3)25-17(24)21-10-11-23(4)16-20-9-8-15(22-16)13-6-5-7-14(19)12-13/h5-9,12H,10-11H2,1-4H3,(H,21,24). The third-order valence-electron chi connectivity index (χ3n) is 3.22. The van der Waals surface area contributed by atoms with E-state index in [1.165, 1.54) is 0 Å². The summed E-state index contributed by atoms with van der Waals surface area (Å²) in [5.41, 5.74) is 1.21. The van der Waals surface area contributed by atoms with Crippen LogP contribution in [0.5, 0.6) is 0 Å². The molecule has 0 fully saturated rings. The second-order valence-electron chi connectivity index (χ2n) is 6.60. The number of nitrogens with one attached hydrogen (secondary N) is 1. The minimum absolute atomic E-state index is 0.427. The van der Waals surface area contributed by atoms with Crippen molar-refractivity contribution in [1.29, 1.82) is 0 Å². The fraction of sp³-hybridized carbons (Fsp3) is 0.389. The maximum Gasteiger partial charge on any atom is 0.407 e. The highest BCUT2D eigenvalue weighted by Gasteiger charge is 2.16. The van der Waals surface area contributed by atoms with Gasteiger partial charge in [-0.2, -0.15) is 0 Å². The molecule has 0 bridgehead atoms. The van der Waals surface area contributed by atoms with E-state index in [9.17, 15) is 4.79 Å². The van der Waals surface area contributed by atoms with Crippen molar-refractivity contribution >= 4 is 23.6 Å². The molecule has 0 atom stereocenters. The lowest BCUT2D eigenvalue weighted by atomic mass is 10.1. The predicted molar refractivity (Wildman–Crippen MR) is 100.0 cm³/mol. The normalized spacial score (nSPS) is 11.1. The molecule has 1 amide bonds. The second-order valence-corrected chi connectivity index (χ2v) is 7.04. The molecule has 0 aliphatic heterocycles. The van der Waals surface area contributed by atoms with E-state index in [1.807, 2.05) is 63.1 Å². The number of alkyl carbamates (subject to hydrolysis) is 1. The minimum Gasteiger partial charge on any atom is -0.444 e. The third-order valence-corrected chi connectivity index (χ3v) is 3.46. The van der Waals surface area contributed by atoms with Crippen molar-refractivity contribution < 1.29 is 9.53 Å². The van der Waals surface area contributed by atoms with Gasteiger partial charge in [0.05, 0.1) is 5.69 Å². The molecule has 134 valence electrons. The molecule has 0 aliphatic carbocycles. The van der Waals surface area contributed by atoms with E-state index in [1.54, 1.807) is 6.20 Å². The van der Waals surface area contributed by atoms with Gasteiger partial charge < -0.3 is 15.0 Å². The second kappa shape index (κ2) is 8.16. The monoisotopic (exact) mass is 362 g/mol. The third kappa shape index (κ3) is 6.23. The molecular weight excluding hydrogens is 340 g/mol. The Morgan fingerprint density at radius 2 is 2.08 bits per heavy atom. The topological polar surface area (TPSA) is 67.4 Å². The Kier molecular flexibility index (Phi) is 6.20. The number of rotatable bonds is 5. The van der Waals surface area contributed by atoms with Crippen LogP contribution in [0.1, 0.15) is 20.8 Å². The molecule has 0 aliphatic rings. The van der Waals surface area contributed by atoms with Gasteiger partial charge in [0.15, 0.2) is 0 Å². The van der Waals surface area contributed by atoms with Crippen molar-refractivity contribution in [2.75, 3.05) is 25.0 Å². The maximum absolute atomic E-state index is 11.7. The Morgan fingerprint density at radius 3 is 2.76 bits per heavy atom. The zero-order chi connectivity index (χ0) is 18.4. The Hall–Kier alpha value is -2.34. The van der Waals surface area contributed by atoms with E-state index in [4.69, 9.17) is 16.3 Å². The minimum atomic E-state index is -0.510. The highest BCUT2D eigenvalue weighted by atomic mass is 35.5. The van der Waals surface area contributed by atoms with Gasteiger partial charge >= 0.3 is 6.09 Å². The van der Waals surface area contributed by atoms with E-state index in [0.29, 0.717) is 24.1 Å². The smallest absolute Gasteiger partial charge is 0.407 e. The molecule has 1 aromatic carbocycles. The van der Waals surface area contributed by atoms with Crippen molar-refractivity contribution in [2.24, 2.45) is 0 Å². The number of amides is 1. The number of benzene rings is 1. The molecule has 2 aromatic rings. The van der Waals surface area contributed by atoms with E-state index in [2.05, 4.69) is 15.3 Å². The number of anilines is 1. The molecule has 7 heteroatoms. The van der Waals surface area contributed by atoms with Crippen molar-refractivity contribution in [3.8, 4) is 11.3 Å². The summed E-state index contributed by atoms with van der Waals surface area (Å²) < 4.78 is 5.20. The lowest BCUT2D eigenvalue weighted by Gasteiger charge is -2.21. The highest BCUT2D eigenvalue weighted by molar-refractivity contribution is 6.30. The predicted octanol–water partition coefficient (Wildman–Crippen LogP) is 3.76. The molecule has 2 rings (SSSR count). The van der Waals surface area contributed by atoms with Crippen molar-refractivity contribution in [3.63, 3.8) is 0 Å². The number of nitrogens with zero attached hydrogens (tertiary/aromatic N) is 3. The van der Waals surface area contributed by atoms with Crippen LogP contribution in [-0.2, 0) is 4.74 Å². The van der Waals surface area contributed by atoms with Crippen molar-refractivity contribution in [3.05, 3.63) is 41.6 Å². The number of likely N-dealkylation sites (N-methyl/N-ethyl adjacent to an activating group) is 1. The summed E-state index contributed by atoms with van der Waals surface area (Å²) in [5.74, 6) is 0.573. The van der Waals surface area contributed by atoms with Crippen molar-refractivity contribution in [2.45, 2.75) is 26.4 Å². The Labute approximate surface area is 153 Å². The van der Waals surface area contributed by atoms with Crippen LogP contribution in [-0.4, -0.2) is 41.8 Å². The molecular formula is C18H23ClN4O2. The van der Waals surface area contributed by atoms with Crippen LogP contribution in [0.2, 0.25) is 5.02 Å². The summed E-state index contributed by atoms with van der Waals surface area (Å²) >= 11 is 6.04. The summed E-state index contributed by atoms with van der Waals surface area (Å²) in [4.78, 5) is 22.4.